The Bertz CT molecular complexity index is 3920. The number of furan rings is 2. The molecule has 0 bridgehead atoms. The molecule has 4 heterocycles. The zero-order valence-corrected chi connectivity index (χ0v) is 33.7. The molecule has 0 aliphatic carbocycles. The van der Waals surface area contributed by atoms with E-state index < -0.39 is 0 Å². The van der Waals surface area contributed by atoms with Gasteiger partial charge in [-0.1, -0.05) is 146 Å². The van der Waals surface area contributed by atoms with Crippen LogP contribution in [0.5, 0.6) is 0 Å². The van der Waals surface area contributed by atoms with E-state index in [0.717, 1.165) is 82.9 Å². The lowest BCUT2D eigenvalue weighted by Crippen LogP contribution is -2.00. The Morgan fingerprint density at radius 1 is 0.302 bits per heavy atom. The monoisotopic (exact) mass is 806 g/mol. The van der Waals surface area contributed by atoms with E-state index in [1.165, 1.54) is 27.4 Å². The van der Waals surface area contributed by atoms with Gasteiger partial charge in [-0.3, -0.25) is 0 Å². The van der Waals surface area contributed by atoms with E-state index in [9.17, 15) is 0 Å². The fraction of sp³-hybridized carbons (Fsp3) is 0. The van der Waals surface area contributed by atoms with Gasteiger partial charge in [0.25, 0.3) is 0 Å². The van der Waals surface area contributed by atoms with E-state index in [0.29, 0.717) is 17.5 Å². The first-order valence-corrected chi connectivity index (χ1v) is 21.1. The summed E-state index contributed by atoms with van der Waals surface area (Å²) in [6, 6.07) is 71.7. The number of rotatable bonds is 6. The van der Waals surface area contributed by atoms with Crippen LogP contribution in [0.2, 0.25) is 0 Å². The Labute approximate surface area is 361 Å². The summed E-state index contributed by atoms with van der Waals surface area (Å²) in [5, 5.41) is 6.65. The molecular weight excluding hydrogens is 773 g/mol. The van der Waals surface area contributed by atoms with Crippen molar-refractivity contribution in [2.45, 2.75) is 0 Å². The maximum absolute atomic E-state index is 6.60. The molecule has 0 spiro atoms. The van der Waals surface area contributed by atoms with E-state index in [2.05, 4.69) is 150 Å². The van der Waals surface area contributed by atoms with Crippen LogP contribution in [0.15, 0.2) is 215 Å². The lowest BCUT2D eigenvalue weighted by atomic mass is 9.92. The van der Waals surface area contributed by atoms with Crippen LogP contribution < -0.4 is 0 Å². The first kappa shape index (κ1) is 35.2. The minimum Gasteiger partial charge on any atom is -0.456 e. The zero-order chi connectivity index (χ0) is 41.4. The maximum atomic E-state index is 6.60. The van der Waals surface area contributed by atoms with Gasteiger partial charge in [-0.25, -0.2) is 15.0 Å². The molecule has 0 saturated carbocycles. The number of benzene rings is 9. The summed E-state index contributed by atoms with van der Waals surface area (Å²) in [5.41, 5.74) is 13.9. The van der Waals surface area contributed by atoms with Gasteiger partial charge in [-0.2, -0.15) is 0 Å². The van der Waals surface area contributed by atoms with Crippen molar-refractivity contribution >= 4 is 65.7 Å². The van der Waals surface area contributed by atoms with Crippen molar-refractivity contribution in [2.24, 2.45) is 0 Å². The van der Waals surface area contributed by atoms with Gasteiger partial charge >= 0.3 is 0 Å². The highest BCUT2D eigenvalue weighted by Gasteiger charge is 2.20. The lowest BCUT2D eigenvalue weighted by Gasteiger charge is -2.15. The van der Waals surface area contributed by atoms with Gasteiger partial charge in [-0.05, 0) is 77.4 Å². The van der Waals surface area contributed by atoms with E-state index in [4.69, 9.17) is 23.8 Å². The zero-order valence-electron chi connectivity index (χ0n) is 33.7. The van der Waals surface area contributed by atoms with Crippen LogP contribution in [0.1, 0.15) is 0 Å². The molecule has 0 aliphatic heterocycles. The molecule has 0 unspecified atom stereocenters. The molecule has 4 aromatic heterocycles. The fourth-order valence-corrected chi connectivity index (χ4v) is 9.35. The van der Waals surface area contributed by atoms with Crippen LogP contribution >= 0.6 is 0 Å². The Morgan fingerprint density at radius 3 is 1.57 bits per heavy atom. The SMILES string of the molecule is c1ccc(-c2nc(-c3ccc4c(c3)oc3ccccc34)nc(-c3ccc4c(c3)oc3ccc(-c5ccccc5-c5cccc6c7ccccc7n(-c7ccccc7)c56)cc34)n2)cc1. The van der Waals surface area contributed by atoms with E-state index >= 15 is 0 Å². The second-order valence-corrected chi connectivity index (χ2v) is 15.9. The molecular formula is C57H34N4O2. The van der Waals surface area contributed by atoms with E-state index in [-0.39, 0.29) is 0 Å². The van der Waals surface area contributed by atoms with Crippen LogP contribution in [-0.4, -0.2) is 19.5 Å². The molecule has 13 aromatic rings. The predicted molar refractivity (Wildman–Crippen MR) is 256 cm³/mol. The number of nitrogens with zero attached hydrogens (tertiary/aromatic N) is 4. The van der Waals surface area contributed by atoms with Gasteiger partial charge < -0.3 is 13.4 Å². The molecule has 0 amide bonds. The van der Waals surface area contributed by atoms with Gasteiger partial charge in [-0.15, -0.1) is 0 Å². The molecule has 0 fully saturated rings. The summed E-state index contributed by atoms with van der Waals surface area (Å²) >= 11 is 0. The predicted octanol–water partition coefficient (Wildman–Crippen LogP) is 15.1. The molecule has 0 saturated heterocycles. The lowest BCUT2D eigenvalue weighted by molar-refractivity contribution is 0.668. The number of aromatic nitrogens is 4. The topological polar surface area (TPSA) is 69.9 Å². The van der Waals surface area contributed by atoms with Crippen LogP contribution in [0.4, 0.5) is 0 Å². The van der Waals surface area contributed by atoms with Crippen molar-refractivity contribution in [3.05, 3.63) is 206 Å². The summed E-state index contributed by atoms with van der Waals surface area (Å²) in [6.45, 7) is 0. The molecule has 13 rings (SSSR count). The van der Waals surface area contributed by atoms with Gasteiger partial charge in [0.1, 0.15) is 22.3 Å². The third-order valence-corrected chi connectivity index (χ3v) is 12.3. The molecule has 0 radical (unpaired) electrons. The molecule has 294 valence electrons. The van der Waals surface area contributed by atoms with Crippen molar-refractivity contribution < 1.29 is 8.83 Å². The van der Waals surface area contributed by atoms with Crippen LogP contribution in [0, 0.1) is 0 Å². The molecule has 63 heavy (non-hydrogen) atoms. The smallest absolute Gasteiger partial charge is 0.164 e. The highest BCUT2D eigenvalue weighted by molar-refractivity contribution is 6.15. The molecule has 0 atom stereocenters. The minimum absolute atomic E-state index is 0.558. The molecule has 6 nitrogen and oxygen atoms in total. The second kappa shape index (κ2) is 14.0. The number of hydrogen-bond acceptors (Lipinski definition) is 5. The summed E-state index contributed by atoms with van der Waals surface area (Å²) < 4.78 is 15.2. The normalized spacial score (nSPS) is 11.8. The van der Waals surface area contributed by atoms with Gasteiger partial charge in [0.05, 0.1) is 11.0 Å². The van der Waals surface area contributed by atoms with Crippen LogP contribution in [0.25, 0.3) is 128 Å². The summed E-state index contributed by atoms with van der Waals surface area (Å²) in [7, 11) is 0. The number of hydrogen-bond donors (Lipinski definition) is 0. The van der Waals surface area contributed by atoms with Crippen LogP contribution in [0.3, 0.4) is 0 Å². The van der Waals surface area contributed by atoms with E-state index in [1.807, 2.05) is 60.7 Å². The Morgan fingerprint density at radius 2 is 0.825 bits per heavy atom. The van der Waals surface area contributed by atoms with Gasteiger partial charge in [0.2, 0.25) is 0 Å². The Hall–Kier alpha value is -8.61. The Kier molecular flexibility index (Phi) is 7.80. The largest absolute Gasteiger partial charge is 0.456 e. The molecule has 0 N–H and O–H groups in total. The maximum Gasteiger partial charge on any atom is 0.164 e. The van der Waals surface area contributed by atoms with Crippen molar-refractivity contribution in [1.29, 1.82) is 0 Å². The van der Waals surface area contributed by atoms with E-state index in [1.54, 1.807) is 0 Å². The van der Waals surface area contributed by atoms with Crippen molar-refractivity contribution in [2.75, 3.05) is 0 Å². The summed E-state index contributed by atoms with van der Waals surface area (Å²) in [5.74, 6) is 1.71. The van der Waals surface area contributed by atoms with Crippen molar-refractivity contribution in [3.8, 4) is 62.1 Å². The van der Waals surface area contributed by atoms with Crippen LogP contribution in [-0.2, 0) is 0 Å². The Balaban J connectivity index is 0.930. The summed E-state index contributed by atoms with van der Waals surface area (Å²) in [6.07, 6.45) is 0. The number of fused-ring (bicyclic) bond motifs is 9. The first-order valence-electron chi connectivity index (χ1n) is 21.1. The average molecular weight is 807 g/mol. The quantitative estimate of drug-likeness (QED) is 0.167. The minimum atomic E-state index is 0.558. The molecule has 9 aromatic carbocycles. The summed E-state index contributed by atoms with van der Waals surface area (Å²) in [4.78, 5) is 15.1. The highest BCUT2D eigenvalue weighted by atomic mass is 16.3. The van der Waals surface area contributed by atoms with Crippen molar-refractivity contribution in [3.63, 3.8) is 0 Å². The third kappa shape index (κ3) is 5.69. The third-order valence-electron chi connectivity index (χ3n) is 12.3. The van der Waals surface area contributed by atoms with Crippen molar-refractivity contribution in [1.82, 2.24) is 19.5 Å². The molecule has 6 heteroatoms. The van der Waals surface area contributed by atoms with Gasteiger partial charge in [0.15, 0.2) is 17.5 Å². The molecule has 0 aliphatic rings. The van der Waals surface area contributed by atoms with Gasteiger partial charge in [0, 0.05) is 60.3 Å². The number of para-hydroxylation sites is 4. The fourth-order valence-electron chi connectivity index (χ4n) is 9.35. The standard InChI is InChI=1S/C57H34N4O2/c1-3-14-35(15-4-1)55-58-56(37-26-29-44-43-21-10-12-25-50(43)62-52(44)33-37)60-57(59-55)38-27-30-45-48-32-36(28-31-51(48)63-53(45)34-38)40-18-7-8-19-41(40)46-22-13-23-47-42-20-9-11-24-49(42)61(54(46)47)39-16-5-2-6-17-39/h1-34H. The first-order chi connectivity index (χ1) is 31.2. The average Bonchev–Trinajstić information content (AvgIpc) is 4.03. The highest BCUT2D eigenvalue weighted by Crippen LogP contribution is 2.43. The second-order valence-electron chi connectivity index (χ2n) is 15.9.